The van der Waals surface area contributed by atoms with E-state index in [4.69, 9.17) is 9.84 Å². The Morgan fingerprint density at radius 2 is 2.12 bits per heavy atom. The van der Waals surface area contributed by atoms with E-state index >= 15 is 0 Å². The van der Waals surface area contributed by atoms with Crippen LogP contribution in [0.2, 0.25) is 0 Å². The van der Waals surface area contributed by atoms with E-state index in [1.807, 2.05) is 25.1 Å². The number of nitrogens with zero attached hydrogens (tertiary/aromatic N) is 1. The maximum absolute atomic E-state index is 11.5. The van der Waals surface area contributed by atoms with E-state index in [9.17, 15) is 9.59 Å². The summed E-state index contributed by atoms with van der Waals surface area (Å²) in [5.41, 5.74) is 1.04. The molecule has 0 aliphatic rings. The van der Waals surface area contributed by atoms with Crippen molar-refractivity contribution in [2.75, 3.05) is 20.2 Å². The van der Waals surface area contributed by atoms with Gasteiger partial charge in [0.05, 0.1) is 0 Å². The van der Waals surface area contributed by atoms with E-state index in [-0.39, 0.29) is 19.1 Å². The molecule has 0 unspecified atom stereocenters. The number of carboxylic acid groups (broad SMARTS) is 1. The van der Waals surface area contributed by atoms with E-state index < -0.39 is 5.97 Å². The number of carbonyl (C=O) groups excluding carboxylic acids is 1. The predicted molar refractivity (Wildman–Crippen MR) is 61.9 cm³/mol. The first kappa shape index (κ1) is 13.0. The van der Waals surface area contributed by atoms with Gasteiger partial charge in [-0.2, -0.15) is 0 Å². The molecule has 1 rings (SSSR count). The molecule has 1 aromatic rings. The van der Waals surface area contributed by atoms with Crippen molar-refractivity contribution in [1.29, 1.82) is 0 Å². The van der Waals surface area contributed by atoms with Crippen LogP contribution in [0.25, 0.3) is 0 Å². The molecule has 0 atom stereocenters. The molecule has 0 heterocycles. The lowest BCUT2D eigenvalue weighted by atomic mass is 10.2. The molecular formula is C12H15NO4. The Balaban J connectivity index is 2.45. The van der Waals surface area contributed by atoms with Crippen molar-refractivity contribution < 1.29 is 19.4 Å². The zero-order valence-electron chi connectivity index (χ0n) is 9.84. The molecule has 0 bridgehead atoms. The molecule has 5 nitrogen and oxygen atoms in total. The summed E-state index contributed by atoms with van der Waals surface area (Å²) in [6.07, 6.45) is 0. The second-order valence-electron chi connectivity index (χ2n) is 3.75. The first-order valence-corrected chi connectivity index (χ1v) is 5.14. The van der Waals surface area contributed by atoms with Gasteiger partial charge in [0.1, 0.15) is 12.3 Å². The van der Waals surface area contributed by atoms with Crippen LogP contribution >= 0.6 is 0 Å². The van der Waals surface area contributed by atoms with Crippen molar-refractivity contribution in [3.05, 3.63) is 29.8 Å². The van der Waals surface area contributed by atoms with Crippen LogP contribution in [-0.4, -0.2) is 42.1 Å². The fourth-order valence-corrected chi connectivity index (χ4v) is 1.25. The van der Waals surface area contributed by atoms with E-state index in [1.54, 1.807) is 6.07 Å². The first-order chi connectivity index (χ1) is 7.99. The number of benzene rings is 1. The summed E-state index contributed by atoms with van der Waals surface area (Å²) in [4.78, 5) is 23.0. The van der Waals surface area contributed by atoms with Gasteiger partial charge in [0.2, 0.25) is 0 Å². The topological polar surface area (TPSA) is 66.8 Å². The molecule has 0 radical (unpaired) electrons. The standard InChI is InChI=1S/C12H15NO4/c1-9-4-3-5-10(6-9)17-8-11(14)13(2)7-12(15)16/h3-6H,7-8H2,1-2H3,(H,15,16). The second kappa shape index (κ2) is 5.89. The smallest absolute Gasteiger partial charge is 0.323 e. The molecule has 0 aliphatic heterocycles. The normalized spacial score (nSPS) is 9.76. The fourth-order valence-electron chi connectivity index (χ4n) is 1.25. The van der Waals surface area contributed by atoms with Gasteiger partial charge < -0.3 is 14.7 Å². The zero-order chi connectivity index (χ0) is 12.8. The number of ether oxygens (including phenoxy) is 1. The SMILES string of the molecule is Cc1cccc(OCC(=O)N(C)CC(=O)O)c1. The van der Waals surface area contributed by atoms with Gasteiger partial charge in [0.25, 0.3) is 5.91 Å². The number of aryl methyl sites for hydroxylation is 1. The Kier molecular flexibility index (Phi) is 4.51. The molecule has 0 fully saturated rings. The van der Waals surface area contributed by atoms with Crippen LogP contribution in [-0.2, 0) is 9.59 Å². The number of hydrogen-bond acceptors (Lipinski definition) is 3. The lowest BCUT2D eigenvalue weighted by molar-refractivity contribution is -0.144. The Bertz CT molecular complexity index is 417. The van der Waals surface area contributed by atoms with Crippen molar-refractivity contribution in [3.63, 3.8) is 0 Å². The minimum atomic E-state index is -1.04. The molecule has 0 aliphatic carbocycles. The highest BCUT2D eigenvalue weighted by atomic mass is 16.5. The summed E-state index contributed by atoms with van der Waals surface area (Å²) in [6.45, 7) is 1.44. The molecule has 17 heavy (non-hydrogen) atoms. The van der Waals surface area contributed by atoms with Crippen molar-refractivity contribution in [3.8, 4) is 5.75 Å². The van der Waals surface area contributed by atoms with E-state index in [1.165, 1.54) is 7.05 Å². The third-order valence-electron chi connectivity index (χ3n) is 2.15. The van der Waals surface area contributed by atoms with Gasteiger partial charge >= 0.3 is 5.97 Å². The number of aliphatic carboxylic acids is 1. The highest BCUT2D eigenvalue weighted by Gasteiger charge is 2.12. The molecule has 0 saturated carbocycles. The van der Waals surface area contributed by atoms with Gasteiger partial charge in [0, 0.05) is 7.05 Å². The van der Waals surface area contributed by atoms with Crippen molar-refractivity contribution in [1.82, 2.24) is 4.90 Å². The average Bonchev–Trinajstić information content (AvgIpc) is 2.25. The number of carboxylic acids is 1. The summed E-state index contributed by atoms with van der Waals surface area (Å²) in [7, 11) is 1.43. The van der Waals surface area contributed by atoms with E-state index in [0.29, 0.717) is 5.75 Å². The van der Waals surface area contributed by atoms with Gasteiger partial charge in [-0.25, -0.2) is 0 Å². The average molecular weight is 237 g/mol. The van der Waals surface area contributed by atoms with E-state index in [0.717, 1.165) is 10.5 Å². The first-order valence-electron chi connectivity index (χ1n) is 5.14. The molecule has 92 valence electrons. The van der Waals surface area contributed by atoms with Crippen LogP contribution in [0, 0.1) is 6.92 Å². The highest BCUT2D eigenvalue weighted by Crippen LogP contribution is 2.12. The van der Waals surface area contributed by atoms with Crippen LogP contribution in [0.1, 0.15) is 5.56 Å². The zero-order valence-corrected chi connectivity index (χ0v) is 9.84. The summed E-state index contributed by atoms with van der Waals surface area (Å²) >= 11 is 0. The Morgan fingerprint density at radius 3 is 2.71 bits per heavy atom. The van der Waals surface area contributed by atoms with E-state index in [2.05, 4.69) is 0 Å². The molecular weight excluding hydrogens is 222 g/mol. The van der Waals surface area contributed by atoms with Gasteiger partial charge in [0.15, 0.2) is 6.61 Å². The largest absolute Gasteiger partial charge is 0.484 e. The quantitative estimate of drug-likeness (QED) is 0.826. The van der Waals surface area contributed by atoms with Crippen LogP contribution in [0.3, 0.4) is 0 Å². The molecule has 1 aromatic carbocycles. The molecule has 0 spiro atoms. The summed E-state index contributed by atoms with van der Waals surface area (Å²) < 4.78 is 5.27. The Labute approximate surface area is 99.6 Å². The number of carbonyl (C=O) groups is 2. The number of hydrogen-bond donors (Lipinski definition) is 1. The second-order valence-corrected chi connectivity index (χ2v) is 3.75. The third kappa shape index (κ3) is 4.55. The fraction of sp³-hybridized carbons (Fsp3) is 0.333. The number of amides is 1. The lowest BCUT2D eigenvalue weighted by Gasteiger charge is -2.14. The summed E-state index contributed by atoms with van der Waals surface area (Å²) in [5.74, 6) is -0.813. The van der Waals surface area contributed by atoms with Gasteiger partial charge in [-0.3, -0.25) is 9.59 Å². The molecule has 1 amide bonds. The molecule has 0 aromatic heterocycles. The number of rotatable bonds is 5. The molecule has 5 heteroatoms. The van der Waals surface area contributed by atoms with Crippen molar-refractivity contribution >= 4 is 11.9 Å². The monoisotopic (exact) mass is 237 g/mol. The van der Waals surface area contributed by atoms with Crippen LogP contribution in [0.4, 0.5) is 0 Å². The highest BCUT2D eigenvalue weighted by molar-refractivity contribution is 5.82. The lowest BCUT2D eigenvalue weighted by Crippen LogP contribution is -2.35. The van der Waals surface area contributed by atoms with Crippen molar-refractivity contribution in [2.24, 2.45) is 0 Å². The maximum Gasteiger partial charge on any atom is 0.323 e. The maximum atomic E-state index is 11.5. The Morgan fingerprint density at radius 1 is 1.41 bits per heavy atom. The van der Waals surface area contributed by atoms with Crippen LogP contribution in [0.5, 0.6) is 5.75 Å². The minimum absolute atomic E-state index is 0.159. The van der Waals surface area contributed by atoms with Crippen LogP contribution in [0.15, 0.2) is 24.3 Å². The van der Waals surface area contributed by atoms with Gasteiger partial charge in [-0.05, 0) is 24.6 Å². The summed E-state index contributed by atoms with van der Waals surface area (Å²) in [5, 5.41) is 8.52. The van der Waals surface area contributed by atoms with Gasteiger partial charge in [-0.1, -0.05) is 12.1 Å². The summed E-state index contributed by atoms with van der Waals surface area (Å²) in [6, 6.07) is 7.31. The minimum Gasteiger partial charge on any atom is -0.484 e. The van der Waals surface area contributed by atoms with Gasteiger partial charge in [-0.15, -0.1) is 0 Å². The Hall–Kier alpha value is -2.04. The third-order valence-corrected chi connectivity index (χ3v) is 2.15. The molecule has 0 saturated heterocycles. The predicted octanol–water partition coefficient (Wildman–Crippen LogP) is 0.917. The van der Waals surface area contributed by atoms with Crippen LogP contribution < -0.4 is 4.74 Å². The van der Waals surface area contributed by atoms with Crippen molar-refractivity contribution in [2.45, 2.75) is 6.92 Å². The molecule has 1 N–H and O–H groups in total. The number of likely N-dealkylation sites (N-methyl/N-ethyl adjacent to an activating group) is 1.